The Morgan fingerprint density at radius 3 is 3.00 bits per heavy atom. The first-order valence-corrected chi connectivity index (χ1v) is 4.14. The van der Waals surface area contributed by atoms with Gasteiger partial charge in [0.05, 0.1) is 6.04 Å². The molecule has 1 aromatic carbocycles. The van der Waals surface area contributed by atoms with Gasteiger partial charge in [-0.1, -0.05) is 12.1 Å². The van der Waals surface area contributed by atoms with Gasteiger partial charge < -0.3 is 15.2 Å². The standard InChI is InChI=1S/C9H9F2NO2/c10-9(11)14-7-3-1-2-5-6(12)4-13-8(5)7/h1-3,6,9H,4,12H2/t6-/m1/s1. The quantitative estimate of drug-likeness (QED) is 0.791. The molecule has 5 heteroatoms. The van der Waals surface area contributed by atoms with Gasteiger partial charge in [0.15, 0.2) is 11.5 Å². The summed E-state index contributed by atoms with van der Waals surface area (Å²) in [7, 11) is 0. The van der Waals surface area contributed by atoms with Crippen molar-refractivity contribution in [3.05, 3.63) is 23.8 Å². The lowest BCUT2D eigenvalue weighted by Gasteiger charge is -2.08. The fraction of sp³-hybridized carbons (Fsp3) is 0.333. The second kappa shape index (κ2) is 3.42. The van der Waals surface area contributed by atoms with Gasteiger partial charge in [-0.25, -0.2) is 0 Å². The Morgan fingerprint density at radius 2 is 2.29 bits per heavy atom. The molecule has 0 unspecified atom stereocenters. The van der Waals surface area contributed by atoms with Crippen LogP contribution >= 0.6 is 0 Å². The van der Waals surface area contributed by atoms with Crippen LogP contribution in [0.1, 0.15) is 11.6 Å². The fourth-order valence-corrected chi connectivity index (χ4v) is 1.43. The van der Waals surface area contributed by atoms with Gasteiger partial charge in [-0.05, 0) is 6.07 Å². The summed E-state index contributed by atoms with van der Waals surface area (Å²) in [5.74, 6) is 0.380. The summed E-state index contributed by atoms with van der Waals surface area (Å²) in [4.78, 5) is 0. The third kappa shape index (κ3) is 1.50. The van der Waals surface area contributed by atoms with Gasteiger partial charge in [0.25, 0.3) is 0 Å². The van der Waals surface area contributed by atoms with Crippen LogP contribution in [0.3, 0.4) is 0 Å². The Labute approximate surface area is 79.4 Å². The second-order valence-corrected chi connectivity index (χ2v) is 2.97. The Kier molecular flexibility index (Phi) is 2.25. The van der Waals surface area contributed by atoms with Gasteiger partial charge >= 0.3 is 6.61 Å². The monoisotopic (exact) mass is 201 g/mol. The minimum absolute atomic E-state index is 0.0467. The number of alkyl halides is 2. The molecule has 0 spiro atoms. The second-order valence-electron chi connectivity index (χ2n) is 2.97. The molecule has 1 atom stereocenters. The molecular formula is C9H9F2NO2. The van der Waals surface area contributed by atoms with Crippen LogP contribution in [0.2, 0.25) is 0 Å². The van der Waals surface area contributed by atoms with E-state index in [-0.39, 0.29) is 11.8 Å². The molecular weight excluding hydrogens is 192 g/mol. The maximum atomic E-state index is 12.0. The minimum Gasteiger partial charge on any atom is -0.487 e. The molecule has 0 radical (unpaired) electrons. The van der Waals surface area contributed by atoms with Crippen molar-refractivity contribution in [2.75, 3.05) is 6.61 Å². The number of rotatable bonds is 2. The van der Waals surface area contributed by atoms with Crippen LogP contribution in [0.15, 0.2) is 18.2 Å². The van der Waals surface area contributed by atoms with Crippen LogP contribution in [0.5, 0.6) is 11.5 Å². The highest BCUT2D eigenvalue weighted by atomic mass is 19.3. The van der Waals surface area contributed by atoms with Crippen molar-refractivity contribution in [2.24, 2.45) is 5.73 Å². The van der Waals surface area contributed by atoms with E-state index in [9.17, 15) is 8.78 Å². The number of hydrogen-bond donors (Lipinski definition) is 1. The SMILES string of the molecule is N[C@@H]1COc2c(OC(F)F)cccc21. The molecule has 76 valence electrons. The van der Waals surface area contributed by atoms with E-state index in [0.717, 1.165) is 0 Å². The summed E-state index contributed by atoms with van der Waals surface area (Å²) in [6.45, 7) is -2.54. The van der Waals surface area contributed by atoms with Crippen molar-refractivity contribution < 1.29 is 18.3 Å². The molecule has 0 fully saturated rings. The predicted molar refractivity (Wildman–Crippen MR) is 45.5 cm³/mol. The molecule has 2 N–H and O–H groups in total. The molecule has 1 heterocycles. The first kappa shape index (κ1) is 9.21. The lowest BCUT2D eigenvalue weighted by molar-refractivity contribution is -0.0512. The number of benzene rings is 1. The molecule has 3 nitrogen and oxygen atoms in total. The summed E-state index contributed by atoms with van der Waals surface area (Å²) >= 11 is 0. The average Bonchev–Trinajstić information content (AvgIpc) is 2.49. The van der Waals surface area contributed by atoms with Crippen molar-refractivity contribution in [3.8, 4) is 11.5 Å². The van der Waals surface area contributed by atoms with Crippen LogP contribution in [-0.4, -0.2) is 13.2 Å². The van der Waals surface area contributed by atoms with E-state index in [4.69, 9.17) is 10.5 Å². The summed E-state index contributed by atoms with van der Waals surface area (Å²) < 4.78 is 33.4. The van der Waals surface area contributed by atoms with Crippen LogP contribution in [0.4, 0.5) is 8.78 Å². The Morgan fingerprint density at radius 1 is 1.50 bits per heavy atom. The Hall–Kier alpha value is -1.36. The normalized spacial score (nSPS) is 19.3. The van der Waals surface area contributed by atoms with Crippen molar-refractivity contribution in [3.63, 3.8) is 0 Å². The predicted octanol–water partition coefficient (Wildman–Crippen LogP) is 1.68. The number of halogens is 2. The van der Waals surface area contributed by atoms with Crippen LogP contribution < -0.4 is 15.2 Å². The highest BCUT2D eigenvalue weighted by Crippen LogP contribution is 2.39. The number of hydrogen-bond acceptors (Lipinski definition) is 3. The first-order chi connectivity index (χ1) is 6.68. The van der Waals surface area contributed by atoms with E-state index < -0.39 is 6.61 Å². The summed E-state index contributed by atoms with van der Waals surface area (Å²) in [6, 6.07) is 4.53. The van der Waals surface area contributed by atoms with Crippen molar-refractivity contribution in [2.45, 2.75) is 12.7 Å². The van der Waals surface area contributed by atoms with Crippen LogP contribution in [-0.2, 0) is 0 Å². The first-order valence-electron chi connectivity index (χ1n) is 4.14. The third-order valence-electron chi connectivity index (χ3n) is 2.03. The summed E-state index contributed by atoms with van der Waals surface area (Å²) in [5.41, 5.74) is 6.39. The zero-order valence-corrected chi connectivity index (χ0v) is 7.24. The van der Waals surface area contributed by atoms with Crippen LogP contribution in [0, 0.1) is 0 Å². The fourth-order valence-electron chi connectivity index (χ4n) is 1.43. The van der Waals surface area contributed by atoms with E-state index in [1.807, 2.05) is 0 Å². The maximum Gasteiger partial charge on any atom is 0.387 e. The molecule has 0 saturated carbocycles. The van der Waals surface area contributed by atoms with Crippen LogP contribution in [0.25, 0.3) is 0 Å². The van der Waals surface area contributed by atoms with E-state index in [1.165, 1.54) is 6.07 Å². The van der Waals surface area contributed by atoms with Gasteiger partial charge in [0.1, 0.15) is 6.61 Å². The van der Waals surface area contributed by atoms with Gasteiger partial charge in [-0.2, -0.15) is 8.78 Å². The van der Waals surface area contributed by atoms with Gasteiger partial charge in [0, 0.05) is 5.56 Å². The molecule has 0 saturated heterocycles. The Bertz CT molecular complexity index is 344. The van der Waals surface area contributed by atoms with Crippen molar-refractivity contribution >= 4 is 0 Å². The highest BCUT2D eigenvalue weighted by Gasteiger charge is 2.24. The largest absolute Gasteiger partial charge is 0.487 e. The highest BCUT2D eigenvalue weighted by molar-refractivity contribution is 5.50. The molecule has 1 aliphatic heterocycles. The maximum absolute atomic E-state index is 12.0. The molecule has 14 heavy (non-hydrogen) atoms. The zero-order chi connectivity index (χ0) is 10.1. The van der Waals surface area contributed by atoms with E-state index >= 15 is 0 Å². The molecule has 0 aromatic heterocycles. The zero-order valence-electron chi connectivity index (χ0n) is 7.24. The van der Waals surface area contributed by atoms with E-state index in [0.29, 0.717) is 17.9 Å². The van der Waals surface area contributed by atoms with Gasteiger partial charge in [0.2, 0.25) is 0 Å². The third-order valence-corrected chi connectivity index (χ3v) is 2.03. The molecule has 1 aliphatic rings. The number of ether oxygens (including phenoxy) is 2. The summed E-state index contributed by atoms with van der Waals surface area (Å²) in [5, 5.41) is 0. The molecule has 2 rings (SSSR count). The topological polar surface area (TPSA) is 44.5 Å². The van der Waals surface area contributed by atoms with Crippen molar-refractivity contribution in [1.29, 1.82) is 0 Å². The van der Waals surface area contributed by atoms with E-state index in [1.54, 1.807) is 12.1 Å². The average molecular weight is 201 g/mol. The van der Waals surface area contributed by atoms with Crippen molar-refractivity contribution in [1.82, 2.24) is 0 Å². The van der Waals surface area contributed by atoms with Gasteiger partial charge in [-0.3, -0.25) is 0 Å². The molecule has 0 bridgehead atoms. The van der Waals surface area contributed by atoms with Gasteiger partial charge in [-0.15, -0.1) is 0 Å². The summed E-state index contributed by atoms with van der Waals surface area (Å²) in [6.07, 6.45) is 0. The molecule has 0 aliphatic carbocycles. The molecule has 1 aromatic rings. The Balaban J connectivity index is 2.34. The lowest BCUT2D eigenvalue weighted by atomic mass is 10.1. The minimum atomic E-state index is -2.85. The number of para-hydroxylation sites is 1. The lowest BCUT2D eigenvalue weighted by Crippen LogP contribution is -2.10. The van der Waals surface area contributed by atoms with E-state index in [2.05, 4.69) is 4.74 Å². The molecule has 0 amide bonds. The number of nitrogens with two attached hydrogens (primary N) is 1. The number of fused-ring (bicyclic) bond motifs is 1. The smallest absolute Gasteiger partial charge is 0.387 e.